The summed E-state index contributed by atoms with van der Waals surface area (Å²) in [5.41, 5.74) is 6.30. The molecule has 1 aliphatic rings. The number of carbonyl (C=O) groups is 1. The van der Waals surface area contributed by atoms with Crippen LogP contribution in [-0.2, 0) is 20.4 Å². The van der Waals surface area contributed by atoms with Crippen LogP contribution in [0.25, 0.3) is 0 Å². The second-order valence-electron chi connectivity index (χ2n) is 6.94. The minimum absolute atomic E-state index is 0.113. The van der Waals surface area contributed by atoms with Crippen molar-refractivity contribution >= 4 is 15.7 Å². The van der Waals surface area contributed by atoms with Gasteiger partial charge in [0.1, 0.15) is 24.1 Å². The predicted molar refractivity (Wildman–Crippen MR) is 91.7 cm³/mol. The third-order valence-electron chi connectivity index (χ3n) is 4.77. The minimum Gasteiger partial charge on any atom is -0.322 e. The molecule has 0 bridgehead atoms. The zero-order valence-corrected chi connectivity index (χ0v) is 15.3. The lowest BCUT2D eigenvalue weighted by molar-refractivity contribution is -0.133. The molecule has 3 atom stereocenters. The Morgan fingerprint density at radius 3 is 2.54 bits per heavy atom. The smallest absolute Gasteiger partial charge is 0.242 e. The molecule has 1 aromatic carbocycles. The van der Waals surface area contributed by atoms with E-state index in [1.54, 1.807) is 0 Å². The Morgan fingerprint density at radius 2 is 2.00 bits per heavy atom. The second kappa shape index (κ2) is 7.29. The molecular weight excluding hydrogens is 364 g/mol. The van der Waals surface area contributed by atoms with Crippen molar-refractivity contribution in [2.45, 2.75) is 49.0 Å². The van der Waals surface area contributed by atoms with Gasteiger partial charge in [-0.2, -0.15) is 5.26 Å². The van der Waals surface area contributed by atoms with E-state index in [1.807, 2.05) is 6.07 Å². The fraction of sp³-hybridized carbons (Fsp3) is 0.529. The van der Waals surface area contributed by atoms with Crippen molar-refractivity contribution in [3.05, 3.63) is 35.6 Å². The molecule has 142 valence electrons. The first-order chi connectivity index (χ1) is 12.0. The Morgan fingerprint density at radius 1 is 1.42 bits per heavy atom. The first-order valence-electron chi connectivity index (χ1n) is 8.06. The average molecular weight is 385 g/mol. The van der Waals surface area contributed by atoms with E-state index in [0.717, 1.165) is 17.0 Å². The van der Waals surface area contributed by atoms with Crippen molar-refractivity contribution in [1.82, 2.24) is 4.90 Å². The van der Waals surface area contributed by atoms with Crippen LogP contribution in [0.3, 0.4) is 0 Å². The van der Waals surface area contributed by atoms with Crippen LogP contribution < -0.4 is 5.73 Å². The van der Waals surface area contributed by atoms with Gasteiger partial charge >= 0.3 is 0 Å². The number of alkyl halides is 1. The van der Waals surface area contributed by atoms with Crippen LogP contribution in [0.15, 0.2) is 24.3 Å². The summed E-state index contributed by atoms with van der Waals surface area (Å²) in [5, 5.41) is 9.06. The van der Waals surface area contributed by atoms with E-state index in [4.69, 9.17) is 11.0 Å². The molecule has 1 fully saturated rings. The standard InChI is InChI=1S/C17H21F2N3O3S/c1-17(2,26(24,25)10-11-3-5-12(18)6-4-11)15(21)16(23)22-9-13(19)7-14(22)8-20/h3-6,13-15H,7,9-10,21H2,1-2H3/t13-,14-,15+/m0/s1. The summed E-state index contributed by atoms with van der Waals surface area (Å²) in [7, 11) is -3.91. The first-order valence-corrected chi connectivity index (χ1v) is 9.71. The number of nitrogens with two attached hydrogens (primary N) is 1. The fourth-order valence-corrected chi connectivity index (χ4v) is 4.30. The van der Waals surface area contributed by atoms with E-state index >= 15 is 0 Å². The normalized spacial score (nSPS) is 22.1. The van der Waals surface area contributed by atoms with Crippen LogP contribution in [0.1, 0.15) is 25.8 Å². The second-order valence-corrected chi connectivity index (χ2v) is 9.51. The van der Waals surface area contributed by atoms with Gasteiger partial charge in [0.05, 0.1) is 23.1 Å². The van der Waals surface area contributed by atoms with E-state index in [1.165, 1.54) is 26.0 Å². The number of carbonyl (C=O) groups excluding carboxylic acids is 1. The van der Waals surface area contributed by atoms with Crippen LogP contribution in [0.5, 0.6) is 0 Å². The van der Waals surface area contributed by atoms with Gasteiger partial charge in [-0.25, -0.2) is 17.2 Å². The van der Waals surface area contributed by atoms with Gasteiger partial charge < -0.3 is 10.6 Å². The molecule has 0 unspecified atom stereocenters. The summed E-state index contributed by atoms with van der Waals surface area (Å²) in [6.07, 6.45) is -1.45. The zero-order valence-electron chi connectivity index (χ0n) is 14.5. The molecular formula is C17H21F2N3O3S. The Hall–Kier alpha value is -2.05. The van der Waals surface area contributed by atoms with E-state index in [0.29, 0.717) is 5.56 Å². The molecule has 1 aliphatic heterocycles. The summed E-state index contributed by atoms with van der Waals surface area (Å²) < 4.78 is 50.5. The predicted octanol–water partition coefficient (Wildman–Crippen LogP) is 1.31. The van der Waals surface area contributed by atoms with Gasteiger partial charge in [0.2, 0.25) is 5.91 Å². The zero-order chi connectivity index (χ0) is 19.7. The van der Waals surface area contributed by atoms with Crippen molar-refractivity contribution in [3.8, 4) is 6.07 Å². The lowest BCUT2D eigenvalue weighted by Crippen LogP contribution is -2.59. The molecule has 0 aromatic heterocycles. The topological polar surface area (TPSA) is 104 Å². The Balaban J connectivity index is 2.22. The third-order valence-corrected chi connectivity index (χ3v) is 7.34. The number of sulfone groups is 1. The molecule has 1 heterocycles. The number of nitrogens with zero attached hydrogens (tertiary/aromatic N) is 2. The summed E-state index contributed by atoms with van der Waals surface area (Å²) in [4.78, 5) is 13.6. The molecule has 1 saturated heterocycles. The molecule has 9 heteroatoms. The molecule has 1 aromatic rings. The molecule has 0 saturated carbocycles. The van der Waals surface area contributed by atoms with Gasteiger partial charge in [0, 0.05) is 6.42 Å². The van der Waals surface area contributed by atoms with Gasteiger partial charge in [-0.3, -0.25) is 4.79 Å². The number of rotatable bonds is 5. The third kappa shape index (κ3) is 3.86. The van der Waals surface area contributed by atoms with Crippen molar-refractivity contribution in [2.75, 3.05) is 6.54 Å². The van der Waals surface area contributed by atoms with Gasteiger partial charge in [-0.05, 0) is 31.5 Å². The summed E-state index contributed by atoms with van der Waals surface area (Å²) in [6.45, 7) is 2.36. The molecule has 2 N–H and O–H groups in total. The SMILES string of the molecule is CC(C)([C@H](N)C(=O)N1C[C@@H](F)C[C@H]1C#N)S(=O)(=O)Cc1ccc(F)cc1. The van der Waals surface area contributed by atoms with Gasteiger partial charge in [0.25, 0.3) is 0 Å². The summed E-state index contributed by atoms with van der Waals surface area (Å²) >= 11 is 0. The lowest BCUT2D eigenvalue weighted by atomic mass is 10.0. The quantitative estimate of drug-likeness (QED) is 0.823. The minimum atomic E-state index is -3.91. The van der Waals surface area contributed by atoms with Crippen LogP contribution in [0, 0.1) is 17.1 Å². The number of amides is 1. The van der Waals surface area contributed by atoms with E-state index in [2.05, 4.69) is 0 Å². The number of halogens is 2. The Bertz CT molecular complexity index is 819. The van der Waals surface area contributed by atoms with E-state index < -0.39 is 50.3 Å². The highest BCUT2D eigenvalue weighted by molar-refractivity contribution is 7.92. The summed E-state index contributed by atoms with van der Waals surface area (Å²) in [5.74, 6) is -1.69. The Kier molecular flexibility index (Phi) is 5.68. The fourth-order valence-electron chi connectivity index (χ4n) is 2.81. The van der Waals surface area contributed by atoms with Crippen molar-refractivity contribution in [1.29, 1.82) is 5.26 Å². The molecule has 26 heavy (non-hydrogen) atoms. The van der Waals surface area contributed by atoms with Gasteiger partial charge in [-0.1, -0.05) is 12.1 Å². The lowest BCUT2D eigenvalue weighted by Gasteiger charge is -2.33. The molecule has 1 amide bonds. The monoisotopic (exact) mass is 385 g/mol. The Labute approximate surface area is 151 Å². The molecule has 2 rings (SSSR count). The van der Waals surface area contributed by atoms with E-state index in [-0.39, 0.29) is 13.0 Å². The van der Waals surface area contributed by atoms with Crippen molar-refractivity contribution in [2.24, 2.45) is 5.73 Å². The van der Waals surface area contributed by atoms with Crippen LogP contribution >= 0.6 is 0 Å². The first kappa shape index (κ1) is 20.3. The average Bonchev–Trinajstić information content (AvgIpc) is 2.96. The number of hydrogen-bond donors (Lipinski definition) is 1. The van der Waals surface area contributed by atoms with E-state index in [9.17, 15) is 22.0 Å². The number of hydrogen-bond acceptors (Lipinski definition) is 5. The van der Waals surface area contributed by atoms with Gasteiger partial charge in [-0.15, -0.1) is 0 Å². The maximum Gasteiger partial charge on any atom is 0.242 e. The number of likely N-dealkylation sites (tertiary alicyclic amines) is 1. The summed E-state index contributed by atoms with van der Waals surface area (Å²) in [6, 6.07) is 4.39. The number of nitriles is 1. The maximum atomic E-state index is 13.6. The highest BCUT2D eigenvalue weighted by Gasteiger charge is 2.47. The van der Waals surface area contributed by atoms with Crippen molar-refractivity contribution < 1.29 is 22.0 Å². The van der Waals surface area contributed by atoms with Crippen LogP contribution in [0.2, 0.25) is 0 Å². The maximum absolute atomic E-state index is 13.6. The van der Waals surface area contributed by atoms with Crippen LogP contribution in [0.4, 0.5) is 8.78 Å². The largest absolute Gasteiger partial charge is 0.322 e. The highest BCUT2D eigenvalue weighted by Crippen LogP contribution is 2.28. The number of benzene rings is 1. The highest BCUT2D eigenvalue weighted by atomic mass is 32.2. The molecule has 0 aliphatic carbocycles. The van der Waals surface area contributed by atoms with Crippen molar-refractivity contribution in [3.63, 3.8) is 0 Å². The van der Waals surface area contributed by atoms with Gasteiger partial charge in [0.15, 0.2) is 9.84 Å². The van der Waals surface area contributed by atoms with Crippen LogP contribution in [-0.4, -0.2) is 48.8 Å². The molecule has 0 spiro atoms. The molecule has 6 nitrogen and oxygen atoms in total. The molecule has 0 radical (unpaired) electrons.